The fourth-order valence-electron chi connectivity index (χ4n) is 4.65. The molecule has 1 atom stereocenters. The molecule has 0 aliphatic carbocycles. The Labute approximate surface area is 215 Å². The van der Waals surface area contributed by atoms with Gasteiger partial charge >= 0.3 is 6.03 Å². The van der Waals surface area contributed by atoms with Crippen molar-refractivity contribution in [2.24, 2.45) is 5.41 Å². The van der Waals surface area contributed by atoms with E-state index in [0.29, 0.717) is 34.9 Å². The zero-order chi connectivity index (χ0) is 26.6. The summed E-state index contributed by atoms with van der Waals surface area (Å²) in [5.41, 5.74) is 0.888. The average Bonchev–Trinajstić information content (AvgIpc) is 2.91. The highest BCUT2D eigenvalue weighted by Gasteiger charge is 2.54. The summed E-state index contributed by atoms with van der Waals surface area (Å²) in [4.78, 5) is 46.2. The molecule has 1 saturated heterocycles. The SMILES string of the molecule is COc1cc(CC2(CCc3ccccn3)C(=O)NC(=O)N(c3ccccc3C)C2=O)cc(OC)c1OC. The second-order valence-corrected chi connectivity index (χ2v) is 8.80. The molecule has 0 spiro atoms. The fourth-order valence-corrected chi connectivity index (χ4v) is 4.65. The van der Waals surface area contributed by atoms with E-state index < -0.39 is 23.3 Å². The van der Waals surface area contributed by atoms with Gasteiger partial charge in [0.05, 0.1) is 27.0 Å². The Bertz CT molecular complexity index is 1300. The molecule has 3 aromatic rings. The number of ether oxygens (including phenoxy) is 3. The van der Waals surface area contributed by atoms with E-state index in [-0.39, 0.29) is 12.8 Å². The van der Waals surface area contributed by atoms with Crippen LogP contribution in [0.1, 0.15) is 23.2 Å². The molecule has 2 heterocycles. The number of aryl methyl sites for hydroxylation is 2. The monoisotopic (exact) mass is 503 g/mol. The van der Waals surface area contributed by atoms with E-state index in [2.05, 4.69) is 10.3 Å². The third-order valence-corrected chi connectivity index (χ3v) is 6.59. The van der Waals surface area contributed by atoms with Crippen molar-refractivity contribution in [1.29, 1.82) is 0 Å². The first-order valence-electron chi connectivity index (χ1n) is 11.8. The van der Waals surface area contributed by atoms with Crippen LogP contribution in [0.4, 0.5) is 10.5 Å². The predicted octanol–water partition coefficient (Wildman–Crippen LogP) is 3.86. The number of nitrogens with zero attached hydrogens (tertiary/aromatic N) is 2. The smallest absolute Gasteiger partial charge is 0.335 e. The van der Waals surface area contributed by atoms with Gasteiger partial charge in [0.1, 0.15) is 5.41 Å². The number of hydrogen-bond donors (Lipinski definition) is 1. The highest BCUT2D eigenvalue weighted by atomic mass is 16.5. The lowest BCUT2D eigenvalue weighted by Gasteiger charge is -2.40. The van der Waals surface area contributed by atoms with Crippen LogP contribution in [0, 0.1) is 12.3 Å². The number of barbiturate groups is 1. The van der Waals surface area contributed by atoms with E-state index >= 15 is 0 Å². The molecule has 1 N–H and O–H groups in total. The number of pyridine rings is 1. The number of nitrogens with one attached hydrogen (secondary N) is 1. The molecule has 9 nitrogen and oxygen atoms in total. The summed E-state index contributed by atoms with van der Waals surface area (Å²) in [6.07, 6.45) is 2.13. The molecule has 1 unspecified atom stereocenters. The van der Waals surface area contributed by atoms with Crippen LogP contribution in [-0.2, 0) is 22.4 Å². The van der Waals surface area contributed by atoms with Crippen molar-refractivity contribution in [3.63, 3.8) is 0 Å². The molecule has 1 aliphatic heterocycles. The number of para-hydroxylation sites is 1. The van der Waals surface area contributed by atoms with Crippen LogP contribution in [0.3, 0.4) is 0 Å². The number of carbonyl (C=O) groups is 3. The maximum absolute atomic E-state index is 14.2. The van der Waals surface area contributed by atoms with Gasteiger partial charge in [-0.25, -0.2) is 9.69 Å². The number of rotatable bonds is 9. The van der Waals surface area contributed by atoms with Gasteiger partial charge < -0.3 is 14.2 Å². The van der Waals surface area contributed by atoms with Crippen molar-refractivity contribution in [3.05, 3.63) is 77.6 Å². The summed E-state index contributed by atoms with van der Waals surface area (Å²) in [5, 5.41) is 2.43. The van der Waals surface area contributed by atoms with Crippen LogP contribution in [0.2, 0.25) is 0 Å². The average molecular weight is 504 g/mol. The van der Waals surface area contributed by atoms with Gasteiger partial charge in [-0.2, -0.15) is 0 Å². The summed E-state index contributed by atoms with van der Waals surface area (Å²) < 4.78 is 16.4. The highest BCUT2D eigenvalue weighted by molar-refractivity contribution is 6.30. The van der Waals surface area contributed by atoms with E-state index in [1.165, 1.54) is 21.3 Å². The second-order valence-electron chi connectivity index (χ2n) is 8.80. The summed E-state index contributed by atoms with van der Waals surface area (Å²) >= 11 is 0. The van der Waals surface area contributed by atoms with Crippen molar-refractivity contribution in [2.45, 2.75) is 26.2 Å². The molecule has 0 bridgehead atoms. The molecule has 4 rings (SSSR count). The molecule has 0 radical (unpaired) electrons. The number of amides is 4. The van der Waals surface area contributed by atoms with Crippen LogP contribution < -0.4 is 24.4 Å². The third kappa shape index (κ3) is 4.84. The Morgan fingerprint density at radius 1 is 0.919 bits per heavy atom. The van der Waals surface area contributed by atoms with Gasteiger partial charge in [-0.1, -0.05) is 24.3 Å². The molecule has 192 valence electrons. The Morgan fingerprint density at radius 3 is 2.19 bits per heavy atom. The summed E-state index contributed by atoms with van der Waals surface area (Å²) in [5.74, 6) is -0.0656. The normalized spacial score (nSPS) is 17.4. The summed E-state index contributed by atoms with van der Waals surface area (Å²) in [6, 6.07) is 15.2. The number of aromatic nitrogens is 1. The minimum Gasteiger partial charge on any atom is -0.493 e. The first kappa shape index (κ1) is 25.7. The summed E-state index contributed by atoms with van der Waals surface area (Å²) in [6.45, 7) is 1.81. The largest absolute Gasteiger partial charge is 0.493 e. The lowest BCUT2D eigenvalue weighted by Crippen LogP contribution is -2.65. The number of methoxy groups -OCH3 is 3. The Kier molecular flexibility index (Phi) is 7.42. The zero-order valence-electron chi connectivity index (χ0n) is 21.2. The molecule has 1 aliphatic rings. The van der Waals surface area contributed by atoms with E-state index in [9.17, 15) is 14.4 Å². The van der Waals surface area contributed by atoms with Crippen LogP contribution >= 0.6 is 0 Å². The lowest BCUT2D eigenvalue weighted by molar-refractivity contribution is -0.143. The maximum atomic E-state index is 14.2. The zero-order valence-corrected chi connectivity index (χ0v) is 21.2. The van der Waals surface area contributed by atoms with Crippen molar-refractivity contribution < 1.29 is 28.6 Å². The molecule has 37 heavy (non-hydrogen) atoms. The van der Waals surface area contributed by atoms with Crippen LogP contribution in [0.25, 0.3) is 0 Å². The van der Waals surface area contributed by atoms with E-state index in [1.54, 1.807) is 49.5 Å². The van der Waals surface area contributed by atoms with Gasteiger partial charge in [0, 0.05) is 11.9 Å². The Morgan fingerprint density at radius 2 is 1.59 bits per heavy atom. The quantitative estimate of drug-likeness (QED) is 0.442. The molecule has 9 heteroatoms. The first-order valence-corrected chi connectivity index (χ1v) is 11.8. The summed E-state index contributed by atoms with van der Waals surface area (Å²) in [7, 11) is 4.49. The van der Waals surface area contributed by atoms with Crippen LogP contribution in [0.15, 0.2) is 60.8 Å². The van der Waals surface area contributed by atoms with E-state index in [0.717, 1.165) is 16.2 Å². The third-order valence-electron chi connectivity index (χ3n) is 6.59. The van der Waals surface area contributed by atoms with E-state index in [1.807, 2.05) is 18.2 Å². The van der Waals surface area contributed by atoms with Gasteiger partial charge in [-0.05, 0) is 67.6 Å². The molecule has 1 fully saturated rings. The number of imide groups is 2. The molecule has 4 amide bonds. The predicted molar refractivity (Wildman–Crippen MR) is 137 cm³/mol. The number of carbonyl (C=O) groups excluding carboxylic acids is 3. The minimum absolute atomic E-state index is 0.00310. The topological polar surface area (TPSA) is 107 Å². The Hall–Kier alpha value is -4.40. The van der Waals surface area contributed by atoms with Gasteiger partial charge in [-0.3, -0.25) is 19.9 Å². The van der Waals surface area contributed by atoms with Gasteiger partial charge in [0.15, 0.2) is 11.5 Å². The van der Waals surface area contributed by atoms with Crippen molar-refractivity contribution in [2.75, 3.05) is 26.2 Å². The first-order chi connectivity index (χ1) is 17.8. The molecule has 0 saturated carbocycles. The molecule has 1 aromatic heterocycles. The van der Waals surface area contributed by atoms with Crippen molar-refractivity contribution in [3.8, 4) is 17.2 Å². The molecular weight excluding hydrogens is 474 g/mol. The highest BCUT2D eigenvalue weighted by Crippen LogP contribution is 2.42. The number of hydrogen-bond acceptors (Lipinski definition) is 7. The molecule has 2 aromatic carbocycles. The standard InChI is InChI=1S/C28H29N3O6/c1-18-9-5-6-11-21(18)31-26(33)28(25(32)30-27(31)34,13-12-20-10-7-8-14-29-20)17-19-15-22(35-2)24(37-4)23(16-19)36-3/h5-11,14-16H,12-13,17H2,1-4H3,(H,30,32,34). The second kappa shape index (κ2) is 10.7. The fraction of sp³-hybridized carbons (Fsp3) is 0.286. The van der Waals surface area contributed by atoms with Crippen LogP contribution in [0.5, 0.6) is 17.2 Å². The van der Waals surface area contributed by atoms with Crippen LogP contribution in [-0.4, -0.2) is 44.2 Å². The van der Waals surface area contributed by atoms with Crippen molar-refractivity contribution >= 4 is 23.5 Å². The number of urea groups is 1. The lowest BCUT2D eigenvalue weighted by atomic mass is 9.73. The minimum atomic E-state index is -1.60. The number of benzene rings is 2. The maximum Gasteiger partial charge on any atom is 0.335 e. The molecular formula is C28H29N3O6. The van der Waals surface area contributed by atoms with Gasteiger partial charge in [-0.15, -0.1) is 0 Å². The Balaban J connectivity index is 1.83. The number of anilines is 1. The van der Waals surface area contributed by atoms with Gasteiger partial charge in [0.25, 0.3) is 5.91 Å². The van der Waals surface area contributed by atoms with Crippen molar-refractivity contribution in [1.82, 2.24) is 10.3 Å². The van der Waals surface area contributed by atoms with E-state index in [4.69, 9.17) is 14.2 Å². The van der Waals surface area contributed by atoms with Gasteiger partial charge in [0.2, 0.25) is 11.7 Å².